The number of nitrogens with zero attached hydrogens (tertiary/aromatic N) is 1. The van der Waals surface area contributed by atoms with Gasteiger partial charge >= 0.3 is 0 Å². The minimum atomic E-state index is -0.530. The molecule has 168 valence electrons. The van der Waals surface area contributed by atoms with E-state index in [1.807, 2.05) is 54.6 Å². The maximum Gasteiger partial charge on any atom is 0.249 e. The lowest BCUT2D eigenvalue weighted by atomic mass is 9.96. The zero-order valence-electron chi connectivity index (χ0n) is 18.4. The normalized spacial score (nSPS) is 12.5. The van der Waals surface area contributed by atoms with E-state index >= 15 is 0 Å². The Morgan fingerprint density at radius 1 is 0.941 bits per heavy atom. The van der Waals surface area contributed by atoms with E-state index in [-0.39, 0.29) is 5.78 Å². The molecule has 0 spiro atoms. The van der Waals surface area contributed by atoms with Crippen LogP contribution in [0.1, 0.15) is 38.3 Å². The maximum atomic E-state index is 12.5. The zero-order chi connectivity index (χ0) is 23.5. The Kier molecular flexibility index (Phi) is 5.79. The molecule has 0 unspecified atom stereocenters. The van der Waals surface area contributed by atoms with Crippen LogP contribution in [0.25, 0.3) is 11.1 Å². The van der Waals surface area contributed by atoms with E-state index in [0.29, 0.717) is 53.4 Å². The minimum absolute atomic E-state index is 0.0408. The van der Waals surface area contributed by atoms with E-state index in [0.717, 1.165) is 16.7 Å². The lowest BCUT2D eigenvalue weighted by Crippen LogP contribution is -2.16. The molecular weight excluding hydrogens is 428 g/mol. The zero-order valence-corrected chi connectivity index (χ0v) is 18.4. The molecule has 2 heterocycles. The van der Waals surface area contributed by atoms with Crippen LogP contribution in [-0.4, -0.2) is 23.3 Å². The van der Waals surface area contributed by atoms with Gasteiger partial charge in [-0.15, -0.1) is 0 Å². The van der Waals surface area contributed by atoms with Crippen molar-refractivity contribution < 1.29 is 19.1 Å². The van der Waals surface area contributed by atoms with Crippen molar-refractivity contribution in [3.05, 3.63) is 107 Å². The average Bonchev–Trinajstić information content (AvgIpc) is 2.86. The molecule has 0 saturated carbocycles. The third kappa shape index (κ3) is 4.26. The number of nitrogens with two attached hydrogens (primary N) is 1. The summed E-state index contributed by atoms with van der Waals surface area (Å²) in [4.78, 5) is 28.8. The highest BCUT2D eigenvalue weighted by Gasteiger charge is 2.23. The fourth-order valence-corrected chi connectivity index (χ4v) is 4.11. The van der Waals surface area contributed by atoms with Crippen LogP contribution in [0.5, 0.6) is 17.2 Å². The third-order valence-corrected chi connectivity index (χ3v) is 5.80. The van der Waals surface area contributed by atoms with Gasteiger partial charge in [0.25, 0.3) is 0 Å². The van der Waals surface area contributed by atoms with E-state index in [4.69, 9.17) is 15.2 Å². The van der Waals surface area contributed by atoms with Crippen molar-refractivity contribution in [3.8, 4) is 28.4 Å². The number of carbonyl (C=O) groups is 2. The molecule has 0 fully saturated rings. The van der Waals surface area contributed by atoms with Crippen LogP contribution in [0.3, 0.4) is 0 Å². The van der Waals surface area contributed by atoms with Crippen molar-refractivity contribution in [1.29, 1.82) is 0 Å². The Hall–Kier alpha value is -4.45. The first kappa shape index (κ1) is 21.4. The smallest absolute Gasteiger partial charge is 0.249 e. The van der Waals surface area contributed by atoms with Crippen LogP contribution in [0.15, 0.2) is 85.2 Å². The predicted molar refractivity (Wildman–Crippen MR) is 128 cm³/mol. The van der Waals surface area contributed by atoms with Crippen LogP contribution in [-0.2, 0) is 6.42 Å². The SMILES string of the molecule is NC(=O)c1cccc(Oc2cc3c(cc2-c2ccccc2)C(=O)CCO3)c1Cc1ccncc1. The molecule has 5 rings (SSSR count). The second kappa shape index (κ2) is 9.19. The fraction of sp³-hybridized carbons (Fsp3) is 0.107. The predicted octanol–water partition coefficient (Wildman–Crippen LogP) is 5.20. The van der Waals surface area contributed by atoms with Gasteiger partial charge in [-0.1, -0.05) is 36.4 Å². The number of benzene rings is 3. The maximum absolute atomic E-state index is 12.5. The largest absolute Gasteiger partial charge is 0.492 e. The van der Waals surface area contributed by atoms with Crippen molar-refractivity contribution in [2.45, 2.75) is 12.8 Å². The Morgan fingerprint density at radius 2 is 1.74 bits per heavy atom. The summed E-state index contributed by atoms with van der Waals surface area (Å²) in [6.45, 7) is 0.334. The monoisotopic (exact) mass is 450 g/mol. The molecule has 34 heavy (non-hydrogen) atoms. The van der Waals surface area contributed by atoms with Crippen LogP contribution in [0.2, 0.25) is 0 Å². The molecule has 1 aliphatic rings. The summed E-state index contributed by atoms with van der Waals surface area (Å²) >= 11 is 0. The molecule has 0 aliphatic carbocycles. The van der Waals surface area contributed by atoms with Crippen LogP contribution < -0.4 is 15.2 Å². The highest BCUT2D eigenvalue weighted by atomic mass is 16.5. The number of hydrogen-bond donors (Lipinski definition) is 1. The van der Waals surface area contributed by atoms with Gasteiger partial charge in [-0.2, -0.15) is 0 Å². The number of hydrogen-bond acceptors (Lipinski definition) is 5. The summed E-state index contributed by atoms with van der Waals surface area (Å²) in [5, 5.41) is 0. The molecule has 0 atom stereocenters. The number of ether oxygens (including phenoxy) is 2. The second-order valence-electron chi connectivity index (χ2n) is 8.01. The standard InChI is InChI=1S/C28H22N2O4/c29-28(32)20-7-4-8-25(22(20)15-18-9-12-30-13-10-18)34-27-17-26-23(24(31)11-14-33-26)16-21(27)19-5-2-1-3-6-19/h1-10,12-13,16-17H,11,14-15H2,(H2,29,32). The van der Waals surface area contributed by atoms with Gasteiger partial charge in [0.2, 0.25) is 5.91 Å². The van der Waals surface area contributed by atoms with Gasteiger partial charge in [0.15, 0.2) is 5.78 Å². The molecule has 3 aromatic carbocycles. The van der Waals surface area contributed by atoms with Crippen molar-refractivity contribution >= 4 is 11.7 Å². The molecule has 1 aliphatic heterocycles. The van der Waals surface area contributed by atoms with Crippen molar-refractivity contribution in [2.24, 2.45) is 5.73 Å². The lowest BCUT2D eigenvalue weighted by molar-refractivity contribution is 0.0932. The summed E-state index contributed by atoms with van der Waals surface area (Å²) in [7, 11) is 0. The molecule has 1 amide bonds. The Bertz CT molecular complexity index is 1370. The summed E-state index contributed by atoms with van der Waals surface area (Å²) in [6, 6.07) is 22.3. The van der Waals surface area contributed by atoms with Crippen molar-refractivity contribution in [2.75, 3.05) is 6.61 Å². The fourth-order valence-electron chi connectivity index (χ4n) is 4.11. The lowest BCUT2D eigenvalue weighted by Gasteiger charge is -2.21. The molecule has 0 bridgehead atoms. The van der Waals surface area contributed by atoms with Crippen LogP contribution >= 0.6 is 0 Å². The van der Waals surface area contributed by atoms with Crippen molar-refractivity contribution in [1.82, 2.24) is 4.98 Å². The highest BCUT2D eigenvalue weighted by Crippen LogP contribution is 2.41. The number of fused-ring (bicyclic) bond motifs is 1. The molecule has 4 aromatic rings. The van der Waals surface area contributed by atoms with Gasteiger partial charge < -0.3 is 15.2 Å². The molecule has 0 radical (unpaired) electrons. The van der Waals surface area contributed by atoms with Crippen LogP contribution in [0, 0.1) is 0 Å². The quantitative estimate of drug-likeness (QED) is 0.436. The summed E-state index contributed by atoms with van der Waals surface area (Å²) in [5.74, 6) is 1.04. The average molecular weight is 450 g/mol. The number of primary amides is 1. The first-order valence-electron chi connectivity index (χ1n) is 11.0. The highest BCUT2D eigenvalue weighted by molar-refractivity contribution is 6.01. The number of amides is 1. The summed E-state index contributed by atoms with van der Waals surface area (Å²) in [6.07, 6.45) is 4.19. The van der Waals surface area contributed by atoms with E-state index in [9.17, 15) is 9.59 Å². The molecular formula is C28H22N2O4. The Morgan fingerprint density at radius 3 is 2.50 bits per heavy atom. The van der Waals surface area contributed by atoms with E-state index in [2.05, 4.69) is 4.98 Å². The van der Waals surface area contributed by atoms with E-state index < -0.39 is 5.91 Å². The van der Waals surface area contributed by atoms with Gasteiger partial charge in [-0.3, -0.25) is 14.6 Å². The van der Waals surface area contributed by atoms with E-state index in [1.54, 1.807) is 30.6 Å². The minimum Gasteiger partial charge on any atom is -0.492 e. The third-order valence-electron chi connectivity index (χ3n) is 5.80. The summed E-state index contributed by atoms with van der Waals surface area (Å²) in [5.41, 5.74) is 9.93. The Labute approximate surface area is 197 Å². The molecule has 6 nitrogen and oxygen atoms in total. The summed E-state index contributed by atoms with van der Waals surface area (Å²) < 4.78 is 12.2. The van der Waals surface area contributed by atoms with Gasteiger partial charge in [0.1, 0.15) is 17.2 Å². The molecule has 2 N–H and O–H groups in total. The van der Waals surface area contributed by atoms with Gasteiger partial charge in [-0.25, -0.2) is 0 Å². The van der Waals surface area contributed by atoms with Crippen LogP contribution in [0.4, 0.5) is 0 Å². The van der Waals surface area contributed by atoms with Gasteiger partial charge in [0.05, 0.1) is 12.2 Å². The Balaban J connectivity index is 1.64. The number of aromatic nitrogens is 1. The first-order valence-corrected chi connectivity index (χ1v) is 11.0. The molecule has 1 aromatic heterocycles. The van der Waals surface area contributed by atoms with Gasteiger partial charge in [-0.05, 0) is 41.5 Å². The molecule has 6 heteroatoms. The number of carbonyl (C=O) groups excluding carboxylic acids is 2. The number of Topliss-reactive ketones (excluding diaryl/α,β-unsaturated/α-hetero) is 1. The first-order chi connectivity index (χ1) is 16.6. The number of rotatable bonds is 6. The van der Waals surface area contributed by atoms with Crippen molar-refractivity contribution in [3.63, 3.8) is 0 Å². The second-order valence-corrected chi connectivity index (χ2v) is 8.01. The number of ketones is 1. The number of pyridine rings is 1. The van der Waals surface area contributed by atoms with E-state index in [1.165, 1.54) is 0 Å². The van der Waals surface area contributed by atoms with Gasteiger partial charge in [0, 0.05) is 48.0 Å². The topological polar surface area (TPSA) is 91.5 Å². The molecule has 0 saturated heterocycles.